The largest absolute Gasteiger partial charge is 0.506 e. The van der Waals surface area contributed by atoms with Gasteiger partial charge in [-0.05, 0) is 48.4 Å². The van der Waals surface area contributed by atoms with Crippen LogP contribution in [0.15, 0.2) is 36.4 Å². The summed E-state index contributed by atoms with van der Waals surface area (Å²) in [4.78, 5) is 0. The minimum atomic E-state index is -5.16. The van der Waals surface area contributed by atoms with E-state index in [4.69, 9.17) is 4.74 Å². The summed E-state index contributed by atoms with van der Waals surface area (Å²) in [6, 6.07) is 3.50. The van der Waals surface area contributed by atoms with Crippen molar-refractivity contribution in [3.05, 3.63) is 53.2 Å². The summed E-state index contributed by atoms with van der Waals surface area (Å²) in [5, 5.41) is 16.0. The van der Waals surface area contributed by atoms with Gasteiger partial charge in [0.2, 0.25) is 0 Å². The van der Waals surface area contributed by atoms with Crippen LogP contribution in [0.5, 0.6) is 11.5 Å². The molecule has 0 spiro atoms. The highest BCUT2D eigenvalue weighted by molar-refractivity contribution is 5.85. The van der Waals surface area contributed by atoms with Gasteiger partial charge in [0.05, 0.1) is 29.0 Å². The van der Waals surface area contributed by atoms with Crippen molar-refractivity contribution >= 4 is 0 Å². The second-order valence-corrected chi connectivity index (χ2v) is 7.50. The van der Waals surface area contributed by atoms with Crippen LogP contribution < -0.4 is 4.74 Å². The van der Waals surface area contributed by atoms with Crippen LogP contribution in [-0.4, -0.2) is 21.9 Å². The number of phenolic OH excluding ortho intramolecular Hbond substituents is 1. The van der Waals surface area contributed by atoms with Gasteiger partial charge < -0.3 is 9.84 Å². The van der Waals surface area contributed by atoms with E-state index in [-0.39, 0.29) is 24.0 Å². The predicted molar refractivity (Wildman–Crippen MR) is 107 cm³/mol. The molecule has 1 aromatic heterocycles. The first kappa shape index (κ1) is 26.2. The van der Waals surface area contributed by atoms with Crippen LogP contribution in [0.4, 0.5) is 39.5 Å². The number of aromatic amines is 1. The molecule has 0 unspecified atom stereocenters. The van der Waals surface area contributed by atoms with Crippen molar-refractivity contribution < 1.29 is 49.4 Å². The zero-order valence-corrected chi connectivity index (χ0v) is 17.8. The Labute approximate surface area is 192 Å². The molecule has 2 N–H and O–H groups in total. The van der Waals surface area contributed by atoms with Crippen LogP contribution in [-0.2, 0) is 18.5 Å². The zero-order chi connectivity index (χ0) is 26.2. The molecule has 3 aromatic rings. The first-order chi connectivity index (χ1) is 16.1. The summed E-state index contributed by atoms with van der Waals surface area (Å²) in [5.41, 5.74) is -6.57. The SMILES string of the molecule is CCCCOc1ccc(-c2cc(C(F)(F)F)[nH]n2)c(O)c1-c1cc(C(F)(F)F)cc(C(F)(F)F)c1. The maximum atomic E-state index is 13.4. The van der Waals surface area contributed by atoms with Crippen molar-refractivity contribution in [2.24, 2.45) is 0 Å². The third-order valence-electron chi connectivity index (χ3n) is 4.93. The van der Waals surface area contributed by atoms with E-state index < -0.39 is 57.9 Å². The van der Waals surface area contributed by atoms with Gasteiger partial charge in [-0.3, -0.25) is 5.10 Å². The molecule has 13 heteroatoms. The average Bonchev–Trinajstić information content (AvgIpc) is 3.23. The molecule has 3 rings (SSSR count). The summed E-state index contributed by atoms with van der Waals surface area (Å²) in [7, 11) is 0. The highest BCUT2D eigenvalue weighted by atomic mass is 19.4. The number of unbranched alkanes of at least 4 members (excludes halogenated alkanes) is 1. The molecule has 0 fully saturated rings. The lowest BCUT2D eigenvalue weighted by atomic mass is 9.95. The third kappa shape index (κ3) is 5.82. The quantitative estimate of drug-likeness (QED) is 0.263. The lowest BCUT2D eigenvalue weighted by molar-refractivity contribution is -0.143. The molecule has 0 aliphatic rings. The van der Waals surface area contributed by atoms with E-state index in [0.717, 1.165) is 12.1 Å². The van der Waals surface area contributed by atoms with E-state index in [1.54, 1.807) is 5.10 Å². The number of nitrogens with zero attached hydrogens (tertiary/aromatic N) is 1. The topological polar surface area (TPSA) is 58.1 Å². The van der Waals surface area contributed by atoms with E-state index in [1.807, 2.05) is 6.92 Å². The van der Waals surface area contributed by atoms with Crippen LogP contribution in [0.25, 0.3) is 22.4 Å². The lowest BCUT2D eigenvalue weighted by Crippen LogP contribution is -2.11. The predicted octanol–water partition coefficient (Wildman–Crippen LogP) is 7.68. The van der Waals surface area contributed by atoms with Crippen molar-refractivity contribution in [1.82, 2.24) is 10.2 Å². The molecule has 35 heavy (non-hydrogen) atoms. The maximum Gasteiger partial charge on any atom is 0.432 e. The normalized spacial score (nSPS) is 12.7. The number of nitrogens with one attached hydrogen (secondary N) is 1. The van der Waals surface area contributed by atoms with Gasteiger partial charge in [-0.2, -0.15) is 44.6 Å². The maximum absolute atomic E-state index is 13.4. The second-order valence-electron chi connectivity index (χ2n) is 7.50. The average molecular weight is 512 g/mol. The Balaban J connectivity index is 2.27. The number of aromatic nitrogens is 2. The Morgan fingerprint density at radius 2 is 1.46 bits per heavy atom. The molecule has 4 nitrogen and oxygen atoms in total. The van der Waals surface area contributed by atoms with Gasteiger partial charge in [0.1, 0.15) is 17.2 Å². The van der Waals surface area contributed by atoms with Crippen LogP contribution in [0.3, 0.4) is 0 Å². The molecule has 2 aromatic carbocycles. The third-order valence-corrected chi connectivity index (χ3v) is 4.93. The minimum absolute atomic E-state index is 0.0218. The van der Waals surface area contributed by atoms with Gasteiger partial charge >= 0.3 is 18.5 Å². The van der Waals surface area contributed by atoms with Crippen molar-refractivity contribution in [3.63, 3.8) is 0 Å². The fourth-order valence-corrected chi connectivity index (χ4v) is 3.21. The van der Waals surface area contributed by atoms with Gasteiger partial charge in [0.25, 0.3) is 0 Å². The highest BCUT2D eigenvalue weighted by Gasteiger charge is 2.38. The van der Waals surface area contributed by atoms with E-state index in [9.17, 15) is 44.6 Å². The summed E-state index contributed by atoms with van der Waals surface area (Å²) >= 11 is 0. The molecule has 0 bridgehead atoms. The Morgan fingerprint density at radius 1 is 0.857 bits per heavy atom. The number of hydrogen-bond donors (Lipinski definition) is 2. The number of phenols is 1. The van der Waals surface area contributed by atoms with E-state index in [0.29, 0.717) is 31.0 Å². The summed E-state index contributed by atoms with van der Waals surface area (Å²) in [6.07, 6.45) is -14.0. The number of hydrogen-bond acceptors (Lipinski definition) is 3. The molecule has 1 heterocycles. The van der Waals surface area contributed by atoms with E-state index in [1.165, 1.54) is 0 Å². The number of halogens is 9. The van der Waals surface area contributed by atoms with Crippen molar-refractivity contribution in [2.75, 3.05) is 6.61 Å². The highest BCUT2D eigenvalue weighted by Crippen LogP contribution is 2.47. The number of aromatic hydroxyl groups is 1. The van der Waals surface area contributed by atoms with Gasteiger partial charge in [-0.1, -0.05) is 13.3 Å². The van der Waals surface area contributed by atoms with Crippen LogP contribution in [0.2, 0.25) is 0 Å². The smallest absolute Gasteiger partial charge is 0.432 e. The Bertz CT molecular complexity index is 1160. The summed E-state index contributed by atoms with van der Waals surface area (Å²) < 4.78 is 125. The summed E-state index contributed by atoms with van der Waals surface area (Å²) in [6.45, 7) is 1.83. The fourth-order valence-electron chi connectivity index (χ4n) is 3.21. The van der Waals surface area contributed by atoms with Gasteiger partial charge in [0, 0.05) is 5.56 Å². The molecule has 0 amide bonds. The molecule has 0 radical (unpaired) electrons. The zero-order valence-electron chi connectivity index (χ0n) is 17.8. The molecule has 190 valence electrons. The lowest BCUT2D eigenvalue weighted by Gasteiger charge is -2.18. The van der Waals surface area contributed by atoms with Crippen LogP contribution in [0, 0.1) is 0 Å². The van der Waals surface area contributed by atoms with Crippen LogP contribution in [0.1, 0.15) is 36.6 Å². The first-order valence-corrected chi connectivity index (χ1v) is 10.0. The first-order valence-electron chi connectivity index (χ1n) is 10.0. The fraction of sp³-hybridized carbons (Fsp3) is 0.318. The van der Waals surface area contributed by atoms with Crippen LogP contribution >= 0.6 is 0 Å². The monoisotopic (exact) mass is 512 g/mol. The number of benzene rings is 2. The number of H-pyrrole nitrogens is 1. The standard InChI is InChI=1S/C22H17F9N2O2/c1-2-3-6-35-16-5-4-14(15-10-17(33-32-15)22(29,30)31)19(34)18(16)11-7-12(20(23,24)25)9-13(8-11)21(26,27)28/h4-5,7-10,34H,2-3,6H2,1H3,(H,32,33). The molecule has 0 aliphatic heterocycles. The Morgan fingerprint density at radius 3 is 1.94 bits per heavy atom. The molecular weight excluding hydrogens is 495 g/mol. The van der Waals surface area contributed by atoms with Gasteiger partial charge in [-0.25, -0.2) is 0 Å². The van der Waals surface area contributed by atoms with E-state index in [2.05, 4.69) is 5.10 Å². The molecule has 0 saturated carbocycles. The molecule has 0 atom stereocenters. The number of alkyl halides is 9. The number of ether oxygens (including phenoxy) is 1. The Kier molecular flexibility index (Phi) is 7.00. The second kappa shape index (κ2) is 9.34. The van der Waals surface area contributed by atoms with Gasteiger partial charge in [-0.15, -0.1) is 0 Å². The number of rotatable bonds is 6. The van der Waals surface area contributed by atoms with Crippen molar-refractivity contribution in [3.8, 4) is 33.9 Å². The minimum Gasteiger partial charge on any atom is -0.506 e. The Hall–Kier alpha value is -3.38. The van der Waals surface area contributed by atoms with Gasteiger partial charge in [0.15, 0.2) is 0 Å². The van der Waals surface area contributed by atoms with Crippen molar-refractivity contribution in [2.45, 2.75) is 38.3 Å². The molecular formula is C22H17F9N2O2. The molecule has 0 saturated heterocycles. The van der Waals surface area contributed by atoms with Crippen molar-refractivity contribution in [1.29, 1.82) is 0 Å². The summed E-state index contributed by atoms with van der Waals surface area (Å²) in [5.74, 6) is -1.15. The molecule has 0 aliphatic carbocycles. The van der Waals surface area contributed by atoms with E-state index >= 15 is 0 Å².